The molecule has 4 heteroatoms. The molecule has 0 aromatic rings. The highest BCUT2D eigenvalue weighted by molar-refractivity contribution is 9.09. The molecule has 1 N–H and O–H groups in total. The van der Waals surface area contributed by atoms with Crippen LogP contribution in [0.1, 0.15) is 46.0 Å². The van der Waals surface area contributed by atoms with E-state index < -0.39 is 0 Å². The number of ether oxygens (including phenoxy) is 1. The van der Waals surface area contributed by atoms with Crippen molar-refractivity contribution in [1.29, 1.82) is 0 Å². The molecule has 1 saturated carbocycles. The predicted molar refractivity (Wildman–Crippen MR) is 73.4 cm³/mol. The van der Waals surface area contributed by atoms with Crippen LogP contribution in [0.15, 0.2) is 0 Å². The lowest BCUT2D eigenvalue weighted by molar-refractivity contribution is -0.124. The van der Waals surface area contributed by atoms with Gasteiger partial charge < -0.3 is 10.1 Å². The lowest BCUT2D eigenvalue weighted by atomic mass is 9.80. The molecule has 3 nitrogen and oxygen atoms in total. The molecule has 0 heterocycles. The fraction of sp³-hybridized carbons (Fsp3) is 0.923. The van der Waals surface area contributed by atoms with Gasteiger partial charge in [-0.25, -0.2) is 0 Å². The van der Waals surface area contributed by atoms with Crippen LogP contribution >= 0.6 is 15.9 Å². The lowest BCUT2D eigenvalue weighted by Gasteiger charge is -2.34. The van der Waals surface area contributed by atoms with Crippen molar-refractivity contribution in [1.82, 2.24) is 5.32 Å². The molecule has 0 aliphatic heterocycles. The van der Waals surface area contributed by atoms with E-state index in [1.165, 1.54) is 0 Å². The van der Waals surface area contributed by atoms with Crippen molar-refractivity contribution >= 4 is 21.8 Å². The highest BCUT2D eigenvalue weighted by Gasteiger charge is 2.31. The van der Waals surface area contributed by atoms with Gasteiger partial charge in [0.25, 0.3) is 0 Å². The van der Waals surface area contributed by atoms with Crippen LogP contribution in [0.2, 0.25) is 0 Å². The smallest absolute Gasteiger partial charge is 0.220 e. The monoisotopic (exact) mass is 305 g/mol. The first-order chi connectivity index (χ1) is 8.15. The topological polar surface area (TPSA) is 38.3 Å². The van der Waals surface area contributed by atoms with Gasteiger partial charge in [-0.1, -0.05) is 15.9 Å². The van der Waals surface area contributed by atoms with Gasteiger partial charge in [0.15, 0.2) is 0 Å². The average Bonchev–Trinajstić information content (AvgIpc) is 2.23. The van der Waals surface area contributed by atoms with Gasteiger partial charge in [0, 0.05) is 24.4 Å². The van der Waals surface area contributed by atoms with Crippen molar-refractivity contribution in [3.05, 3.63) is 0 Å². The largest absolute Gasteiger partial charge is 0.378 e. The molecule has 17 heavy (non-hydrogen) atoms. The Labute approximate surface area is 113 Å². The van der Waals surface area contributed by atoms with Crippen LogP contribution in [-0.2, 0) is 9.53 Å². The Morgan fingerprint density at radius 3 is 2.82 bits per heavy atom. The fourth-order valence-electron chi connectivity index (χ4n) is 2.26. The summed E-state index contributed by atoms with van der Waals surface area (Å²) in [7, 11) is 0. The molecule has 100 valence electrons. The van der Waals surface area contributed by atoms with Crippen molar-refractivity contribution in [2.45, 2.75) is 58.1 Å². The van der Waals surface area contributed by atoms with Crippen LogP contribution in [-0.4, -0.2) is 30.0 Å². The molecule has 1 fully saturated rings. The Bertz CT molecular complexity index is 229. The molecule has 0 radical (unpaired) electrons. The molecule has 1 aliphatic rings. The molecule has 1 atom stereocenters. The second-order valence-corrected chi connectivity index (χ2v) is 5.71. The zero-order valence-electron chi connectivity index (χ0n) is 10.9. The third-order valence-corrected chi connectivity index (χ3v) is 3.81. The van der Waals surface area contributed by atoms with Crippen LogP contribution in [0, 0.1) is 5.92 Å². The fourth-order valence-corrected chi connectivity index (χ4v) is 2.59. The molecule has 1 rings (SSSR count). The van der Waals surface area contributed by atoms with Gasteiger partial charge in [-0.05, 0) is 45.4 Å². The number of carbonyl (C=O) groups is 1. The van der Waals surface area contributed by atoms with E-state index in [1.807, 2.05) is 6.92 Å². The Balaban J connectivity index is 2.06. The summed E-state index contributed by atoms with van der Waals surface area (Å²) in [5.74, 6) is 0.738. The quantitative estimate of drug-likeness (QED) is 0.700. The van der Waals surface area contributed by atoms with E-state index in [9.17, 15) is 4.79 Å². The van der Waals surface area contributed by atoms with E-state index in [1.54, 1.807) is 0 Å². The lowest BCUT2D eigenvalue weighted by Crippen LogP contribution is -2.38. The first-order valence-corrected chi connectivity index (χ1v) is 7.74. The number of amides is 1. The molecule has 0 bridgehead atoms. The Hall–Kier alpha value is -0.0900. The zero-order valence-corrected chi connectivity index (χ0v) is 12.5. The van der Waals surface area contributed by atoms with Gasteiger partial charge in [0.1, 0.15) is 0 Å². The Morgan fingerprint density at radius 1 is 1.53 bits per heavy atom. The van der Waals surface area contributed by atoms with Gasteiger partial charge >= 0.3 is 0 Å². The summed E-state index contributed by atoms with van der Waals surface area (Å²) in [6.07, 6.45) is 5.33. The standard InChI is InChI=1S/C13H24BrNO2/c1-3-17-12-7-11(8-12)9-13(16)15-10(2)5-4-6-14/h10-12H,3-9H2,1-2H3,(H,15,16). The van der Waals surface area contributed by atoms with Crippen molar-refractivity contribution in [2.24, 2.45) is 5.92 Å². The predicted octanol–water partition coefficient (Wildman–Crippen LogP) is 2.87. The molecular weight excluding hydrogens is 282 g/mol. The summed E-state index contributed by atoms with van der Waals surface area (Å²) in [5, 5.41) is 4.07. The highest BCUT2D eigenvalue weighted by atomic mass is 79.9. The third kappa shape index (κ3) is 5.87. The summed E-state index contributed by atoms with van der Waals surface area (Å²) in [4.78, 5) is 11.7. The number of hydrogen-bond donors (Lipinski definition) is 1. The minimum Gasteiger partial charge on any atom is -0.378 e. The zero-order chi connectivity index (χ0) is 12.7. The van der Waals surface area contributed by atoms with Gasteiger partial charge in [0.2, 0.25) is 5.91 Å². The number of nitrogens with one attached hydrogen (secondary N) is 1. The summed E-state index contributed by atoms with van der Waals surface area (Å²) in [6, 6.07) is 0.294. The van der Waals surface area contributed by atoms with E-state index in [-0.39, 0.29) is 5.91 Å². The normalized spacial score (nSPS) is 25.1. The second-order valence-electron chi connectivity index (χ2n) is 4.92. The minimum atomic E-state index is 0.201. The number of rotatable bonds is 8. The maximum absolute atomic E-state index is 11.7. The maximum Gasteiger partial charge on any atom is 0.220 e. The molecule has 0 spiro atoms. The summed E-state index contributed by atoms with van der Waals surface area (Å²) < 4.78 is 5.49. The molecule has 0 saturated heterocycles. The van der Waals surface area contributed by atoms with Crippen molar-refractivity contribution in [3.8, 4) is 0 Å². The average molecular weight is 306 g/mol. The van der Waals surface area contributed by atoms with Crippen LogP contribution in [0.3, 0.4) is 0 Å². The summed E-state index contributed by atoms with van der Waals surface area (Å²) in [6.45, 7) is 4.88. The second kappa shape index (κ2) is 8.09. The number of carbonyl (C=O) groups excluding carboxylic acids is 1. The van der Waals surface area contributed by atoms with E-state index in [4.69, 9.17) is 4.74 Å². The van der Waals surface area contributed by atoms with E-state index in [0.717, 1.165) is 37.6 Å². The molecule has 0 aromatic heterocycles. The maximum atomic E-state index is 11.7. The van der Waals surface area contributed by atoms with Crippen LogP contribution in [0.4, 0.5) is 0 Å². The number of halogens is 1. The summed E-state index contributed by atoms with van der Waals surface area (Å²) in [5.41, 5.74) is 0. The molecule has 0 aromatic carbocycles. The van der Waals surface area contributed by atoms with E-state index in [2.05, 4.69) is 28.2 Å². The number of alkyl halides is 1. The third-order valence-electron chi connectivity index (χ3n) is 3.25. The van der Waals surface area contributed by atoms with Crippen LogP contribution in [0.5, 0.6) is 0 Å². The first-order valence-electron chi connectivity index (χ1n) is 6.62. The Kier molecular flexibility index (Phi) is 7.12. The molecule has 1 amide bonds. The van der Waals surface area contributed by atoms with E-state index in [0.29, 0.717) is 24.5 Å². The van der Waals surface area contributed by atoms with Crippen LogP contribution in [0.25, 0.3) is 0 Å². The van der Waals surface area contributed by atoms with Crippen molar-refractivity contribution in [3.63, 3.8) is 0 Å². The Morgan fingerprint density at radius 2 is 2.24 bits per heavy atom. The highest BCUT2D eigenvalue weighted by Crippen LogP contribution is 2.32. The van der Waals surface area contributed by atoms with Gasteiger partial charge in [-0.3, -0.25) is 4.79 Å². The van der Waals surface area contributed by atoms with E-state index >= 15 is 0 Å². The van der Waals surface area contributed by atoms with Crippen molar-refractivity contribution < 1.29 is 9.53 Å². The minimum absolute atomic E-state index is 0.201. The molecule has 1 unspecified atom stereocenters. The summed E-state index contributed by atoms with van der Waals surface area (Å²) >= 11 is 3.40. The van der Waals surface area contributed by atoms with Gasteiger partial charge in [0.05, 0.1) is 6.10 Å². The number of hydrogen-bond acceptors (Lipinski definition) is 2. The van der Waals surface area contributed by atoms with Gasteiger partial charge in [-0.2, -0.15) is 0 Å². The molecule has 1 aliphatic carbocycles. The van der Waals surface area contributed by atoms with Gasteiger partial charge in [-0.15, -0.1) is 0 Å². The SMILES string of the molecule is CCOC1CC(CC(=O)NC(C)CCCBr)C1. The first kappa shape index (κ1) is 15.0. The van der Waals surface area contributed by atoms with Crippen LogP contribution < -0.4 is 5.32 Å². The van der Waals surface area contributed by atoms with Crippen molar-refractivity contribution in [2.75, 3.05) is 11.9 Å². The molecular formula is C13H24BrNO2.